The smallest absolute Gasteiger partial charge is 0.134 e. The molecule has 1 heterocycles. The monoisotopic (exact) mass is 200 g/mol. The maximum atomic E-state index is 9.65. The third kappa shape index (κ3) is 2.95. The number of hydrogen-bond donors (Lipinski definition) is 2. The van der Waals surface area contributed by atoms with E-state index in [0.717, 1.165) is 6.42 Å². The molecule has 0 bridgehead atoms. The van der Waals surface area contributed by atoms with Crippen LogP contribution in [0.2, 0.25) is 5.15 Å². The lowest BCUT2D eigenvalue weighted by atomic mass is 10.1. The van der Waals surface area contributed by atoms with E-state index < -0.39 is 6.10 Å². The van der Waals surface area contributed by atoms with Crippen LogP contribution in [0.4, 0.5) is 0 Å². The van der Waals surface area contributed by atoms with Crippen LogP contribution in [0.25, 0.3) is 0 Å². The van der Waals surface area contributed by atoms with Crippen LogP contribution in [-0.2, 0) is 0 Å². The highest BCUT2D eigenvalue weighted by atomic mass is 35.5. The minimum absolute atomic E-state index is 0.368. The molecule has 1 aromatic heterocycles. The molecule has 0 saturated carbocycles. The fourth-order valence-corrected chi connectivity index (χ4v) is 1.36. The predicted molar refractivity (Wildman–Crippen MR) is 52.5 cm³/mol. The number of aliphatic hydroxyl groups excluding tert-OH is 1. The molecule has 1 unspecified atom stereocenters. The quantitative estimate of drug-likeness (QED) is 0.725. The van der Waals surface area contributed by atoms with Crippen LogP contribution in [0.15, 0.2) is 18.3 Å². The topological polar surface area (TPSA) is 59.1 Å². The molecular formula is C9H13ClN2O. The third-order valence-corrected chi connectivity index (χ3v) is 2.14. The number of hydrogen-bond acceptors (Lipinski definition) is 3. The van der Waals surface area contributed by atoms with Gasteiger partial charge >= 0.3 is 0 Å². The van der Waals surface area contributed by atoms with E-state index in [4.69, 9.17) is 17.3 Å². The first-order valence-electron chi connectivity index (χ1n) is 4.24. The zero-order valence-electron chi connectivity index (χ0n) is 7.28. The van der Waals surface area contributed by atoms with Crippen LogP contribution in [0, 0.1) is 0 Å². The van der Waals surface area contributed by atoms with Crippen molar-refractivity contribution in [2.45, 2.75) is 18.9 Å². The van der Waals surface area contributed by atoms with Gasteiger partial charge in [-0.1, -0.05) is 17.7 Å². The second-order valence-corrected chi connectivity index (χ2v) is 3.19. The molecule has 0 aromatic carbocycles. The molecule has 0 amide bonds. The highest BCUT2D eigenvalue weighted by Gasteiger charge is 2.10. The average molecular weight is 201 g/mol. The summed E-state index contributed by atoms with van der Waals surface area (Å²) in [4.78, 5) is 3.88. The molecular weight excluding hydrogens is 188 g/mol. The first-order chi connectivity index (χ1) is 6.25. The molecule has 0 aliphatic heterocycles. The molecule has 0 radical (unpaired) electrons. The number of pyridine rings is 1. The van der Waals surface area contributed by atoms with Crippen molar-refractivity contribution in [1.82, 2.24) is 4.98 Å². The Labute approximate surface area is 82.5 Å². The zero-order chi connectivity index (χ0) is 9.68. The van der Waals surface area contributed by atoms with Crippen LogP contribution in [-0.4, -0.2) is 16.6 Å². The number of nitrogens with two attached hydrogens (primary N) is 1. The van der Waals surface area contributed by atoms with Crippen molar-refractivity contribution in [3.63, 3.8) is 0 Å². The highest BCUT2D eigenvalue weighted by molar-refractivity contribution is 6.30. The van der Waals surface area contributed by atoms with Gasteiger partial charge < -0.3 is 10.8 Å². The lowest BCUT2D eigenvalue weighted by Crippen LogP contribution is -2.04. The third-order valence-electron chi connectivity index (χ3n) is 1.83. The molecule has 3 nitrogen and oxygen atoms in total. The fraction of sp³-hybridized carbons (Fsp3) is 0.444. The molecule has 0 aliphatic rings. The summed E-state index contributed by atoms with van der Waals surface area (Å²) < 4.78 is 0. The molecule has 1 aromatic rings. The number of aliphatic hydroxyl groups is 1. The maximum absolute atomic E-state index is 9.65. The van der Waals surface area contributed by atoms with Crippen LogP contribution in [0.3, 0.4) is 0 Å². The van der Waals surface area contributed by atoms with Crippen LogP contribution < -0.4 is 5.73 Å². The van der Waals surface area contributed by atoms with E-state index in [9.17, 15) is 5.11 Å². The van der Waals surface area contributed by atoms with Gasteiger partial charge in [-0.2, -0.15) is 0 Å². The first-order valence-corrected chi connectivity index (χ1v) is 4.62. The molecule has 0 saturated heterocycles. The fourth-order valence-electron chi connectivity index (χ4n) is 1.11. The van der Waals surface area contributed by atoms with Crippen molar-refractivity contribution < 1.29 is 5.11 Å². The Morgan fingerprint density at radius 3 is 3.00 bits per heavy atom. The second-order valence-electron chi connectivity index (χ2n) is 2.83. The summed E-state index contributed by atoms with van der Waals surface area (Å²) in [6.07, 6.45) is 2.46. The van der Waals surface area contributed by atoms with E-state index in [-0.39, 0.29) is 0 Å². The van der Waals surface area contributed by atoms with Gasteiger partial charge in [-0.15, -0.1) is 0 Å². The zero-order valence-corrected chi connectivity index (χ0v) is 8.04. The van der Waals surface area contributed by atoms with Gasteiger partial charge in [-0.3, -0.25) is 0 Å². The minimum Gasteiger partial charge on any atom is -0.388 e. The Morgan fingerprint density at radius 1 is 1.62 bits per heavy atom. The Balaban J connectivity index is 2.65. The van der Waals surface area contributed by atoms with Gasteiger partial charge in [0.1, 0.15) is 5.15 Å². The molecule has 1 atom stereocenters. The highest BCUT2D eigenvalue weighted by Crippen LogP contribution is 2.23. The Bertz CT molecular complexity index is 268. The molecule has 1 rings (SSSR count). The summed E-state index contributed by atoms with van der Waals surface area (Å²) in [5, 5.41) is 10.0. The van der Waals surface area contributed by atoms with Crippen molar-refractivity contribution >= 4 is 11.6 Å². The molecule has 0 aliphatic carbocycles. The number of halogens is 1. The minimum atomic E-state index is -0.551. The van der Waals surface area contributed by atoms with Gasteiger partial charge in [0, 0.05) is 11.8 Å². The molecule has 0 spiro atoms. The number of nitrogens with zero attached hydrogens (tertiary/aromatic N) is 1. The Hall–Kier alpha value is -0.640. The van der Waals surface area contributed by atoms with E-state index in [2.05, 4.69) is 4.98 Å². The number of rotatable bonds is 4. The van der Waals surface area contributed by atoms with E-state index in [1.165, 1.54) is 0 Å². The molecule has 0 fully saturated rings. The van der Waals surface area contributed by atoms with Crippen molar-refractivity contribution in [2.24, 2.45) is 5.73 Å². The van der Waals surface area contributed by atoms with Gasteiger partial charge in [0.15, 0.2) is 0 Å². The van der Waals surface area contributed by atoms with E-state index in [1.807, 2.05) is 0 Å². The van der Waals surface area contributed by atoms with Gasteiger partial charge in [0.25, 0.3) is 0 Å². The summed E-state index contributed by atoms with van der Waals surface area (Å²) in [6.45, 7) is 0.578. The van der Waals surface area contributed by atoms with Crippen LogP contribution >= 0.6 is 11.6 Å². The van der Waals surface area contributed by atoms with Crippen molar-refractivity contribution in [3.8, 4) is 0 Å². The first kappa shape index (κ1) is 10.4. The largest absolute Gasteiger partial charge is 0.388 e. The van der Waals surface area contributed by atoms with Crippen LogP contribution in [0.1, 0.15) is 24.5 Å². The SMILES string of the molecule is NCCCC(O)c1cccnc1Cl. The summed E-state index contributed by atoms with van der Waals surface area (Å²) in [5.41, 5.74) is 6.01. The van der Waals surface area contributed by atoms with Crippen molar-refractivity contribution in [3.05, 3.63) is 29.0 Å². The average Bonchev–Trinajstić information content (AvgIpc) is 2.15. The van der Waals surface area contributed by atoms with E-state index in [1.54, 1.807) is 18.3 Å². The van der Waals surface area contributed by atoms with Gasteiger partial charge in [-0.05, 0) is 25.5 Å². The molecule has 3 N–H and O–H groups in total. The normalized spacial score (nSPS) is 12.8. The number of aromatic nitrogens is 1. The maximum Gasteiger partial charge on any atom is 0.134 e. The van der Waals surface area contributed by atoms with E-state index in [0.29, 0.717) is 23.7 Å². The predicted octanol–water partition coefficient (Wildman–Crippen LogP) is 1.51. The summed E-state index contributed by atoms with van der Waals surface area (Å²) in [7, 11) is 0. The van der Waals surface area contributed by atoms with Crippen LogP contribution in [0.5, 0.6) is 0 Å². The lowest BCUT2D eigenvalue weighted by molar-refractivity contribution is 0.165. The Morgan fingerprint density at radius 2 is 2.38 bits per heavy atom. The molecule has 4 heteroatoms. The standard InChI is InChI=1S/C9H13ClN2O/c10-9-7(3-2-6-12-9)8(13)4-1-5-11/h2-3,6,8,13H,1,4-5,11H2. The second kappa shape index (κ2) is 5.17. The Kier molecular flexibility index (Phi) is 4.15. The summed E-state index contributed by atoms with van der Waals surface area (Å²) >= 11 is 5.80. The van der Waals surface area contributed by atoms with E-state index >= 15 is 0 Å². The van der Waals surface area contributed by atoms with Gasteiger partial charge in [0.05, 0.1) is 6.10 Å². The molecule has 13 heavy (non-hydrogen) atoms. The summed E-state index contributed by atoms with van der Waals surface area (Å²) in [5.74, 6) is 0. The summed E-state index contributed by atoms with van der Waals surface area (Å²) in [6, 6.07) is 3.53. The lowest BCUT2D eigenvalue weighted by Gasteiger charge is -2.10. The van der Waals surface area contributed by atoms with Gasteiger partial charge in [-0.25, -0.2) is 4.98 Å². The van der Waals surface area contributed by atoms with Crippen molar-refractivity contribution in [2.75, 3.05) is 6.54 Å². The van der Waals surface area contributed by atoms with Gasteiger partial charge in [0.2, 0.25) is 0 Å². The van der Waals surface area contributed by atoms with Crippen molar-refractivity contribution in [1.29, 1.82) is 0 Å². The molecule has 72 valence electrons.